The minimum atomic E-state index is -1.06. The molecule has 5 heteroatoms. The Labute approximate surface area is 198 Å². The largest absolute Gasteiger partial charge is 0.456 e. The summed E-state index contributed by atoms with van der Waals surface area (Å²) in [5.41, 5.74) is 4.95. The molecule has 1 spiro atoms. The van der Waals surface area contributed by atoms with Gasteiger partial charge < -0.3 is 14.8 Å². The lowest BCUT2D eigenvalue weighted by atomic mass is 9.76. The number of nitrogens with one attached hydrogen (secondary N) is 1. The van der Waals surface area contributed by atoms with Gasteiger partial charge in [0.05, 0.1) is 5.56 Å². The van der Waals surface area contributed by atoms with E-state index in [0.717, 1.165) is 39.3 Å². The second-order valence-corrected chi connectivity index (χ2v) is 9.77. The van der Waals surface area contributed by atoms with Gasteiger partial charge in [-0.1, -0.05) is 49.1 Å². The Hall–Kier alpha value is -2.98. The Bertz CT molecular complexity index is 1290. The number of hydrogen-bond donors (Lipinski definition) is 1. The van der Waals surface area contributed by atoms with E-state index in [0.29, 0.717) is 22.4 Å². The van der Waals surface area contributed by atoms with Gasteiger partial charge in [0.2, 0.25) is 0 Å². The molecule has 1 atom stereocenters. The SMILES string of the molecule is Cc1c(Cl)ccc2c1Oc1c(ccc(NC3CCCCC3)c1C)C21OC(=O)c2ccccc21. The summed E-state index contributed by atoms with van der Waals surface area (Å²) in [4.78, 5) is 13.0. The molecule has 0 bridgehead atoms. The molecule has 33 heavy (non-hydrogen) atoms. The predicted octanol–water partition coefficient (Wildman–Crippen LogP) is 7.27. The quantitative estimate of drug-likeness (QED) is 0.409. The highest BCUT2D eigenvalue weighted by Gasteiger charge is 2.54. The molecule has 1 N–H and O–H groups in total. The molecule has 3 aliphatic rings. The second-order valence-electron chi connectivity index (χ2n) is 9.36. The first kappa shape index (κ1) is 20.6. The number of benzene rings is 3. The third kappa shape index (κ3) is 2.93. The average Bonchev–Trinajstić information content (AvgIpc) is 3.12. The van der Waals surface area contributed by atoms with Crippen molar-refractivity contribution in [2.75, 3.05) is 5.32 Å². The van der Waals surface area contributed by atoms with Gasteiger partial charge in [0, 0.05) is 44.6 Å². The van der Waals surface area contributed by atoms with Crippen LogP contribution in [0.4, 0.5) is 5.69 Å². The molecular formula is C28H26ClNO3. The molecule has 1 fully saturated rings. The Kier molecular flexibility index (Phi) is 4.70. The van der Waals surface area contributed by atoms with Crippen molar-refractivity contribution in [1.29, 1.82) is 0 Å². The minimum Gasteiger partial charge on any atom is -0.456 e. The van der Waals surface area contributed by atoms with Crippen molar-refractivity contribution < 1.29 is 14.3 Å². The second kappa shape index (κ2) is 7.53. The fraction of sp³-hybridized carbons (Fsp3) is 0.321. The number of rotatable bonds is 2. The van der Waals surface area contributed by atoms with Crippen LogP contribution in [0.1, 0.15) is 70.3 Å². The number of anilines is 1. The highest BCUT2D eigenvalue weighted by atomic mass is 35.5. The molecule has 6 rings (SSSR count). The summed E-state index contributed by atoms with van der Waals surface area (Å²) >= 11 is 6.50. The first-order chi connectivity index (χ1) is 16.0. The highest BCUT2D eigenvalue weighted by Crippen LogP contribution is 2.58. The van der Waals surface area contributed by atoms with Gasteiger partial charge >= 0.3 is 5.97 Å². The zero-order valence-electron chi connectivity index (χ0n) is 18.8. The molecule has 0 saturated heterocycles. The summed E-state index contributed by atoms with van der Waals surface area (Å²) in [6, 6.07) is 16.0. The molecule has 2 aliphatic heterocycles. The minimum absolute atomic E-state index is 0.320. The maximum absolute atomic E-state index is 13.0. The lowest BCUT2D eigenvalue weighted by molar-refractivity contribution is 0.0223. The molecule has 3 aromatic carbocycles. The number of esters is 1. The maximum atomic E-state index is 13.0. The lowest BCUT2D eigenvalue weighted by Gasteiger charge is -2.38. The van der Waals surface area contributed by atoms with Gasteiger partial charge in [-0.15, -0.1) is 0 Å². The summed E-state index contributed by atoms with van der Waals surface area (Å²) in [5.74, 6) is 1.08. The standard InChI is InChI=1S/C28H26ClNO3/c1-16-23(29)14-12-21-25(16)32-26-17(2)24(30-18-8-4-3-5-9-18)15-13-22(26)28(21)20-11-7-6-10-19(20)27(31)33-28/h6-7,10-15,18,30H,3-5,8-9H2,1-2H3. The Morgan fingerprint density at radius 3 is 2.36 bits per heavy atom. The number of halogens is 1. The van der Waals surface area contributed by atoms with Crippen molar-refractivity contribution in [2.24, 2.45) is 0 Å². The van der Waals surface area contributed by atoms with Crippen LogP contribution < -0.4 is 10.1 Å². The third-order valence-electron chi connectivity index (χ3n) is 7.45. The smallest absolute Gasteiger partial charge is 0.340 e. The van der Waals surface area contributed by atoms with Crippen LogP contribution in [0, 0.1) is 13.8 Å². The molecule has 168 valence electrons. The van der Waals surface area contributed by atoms with E-state index in [2.05, 4.69) is 24.4 Å². The number of fused-ring (bicyclic) bond motifs is 6. The normalized spacial score (nSPS) is 21.1. The summed E-state index contributed by atoms with van der Waals surface area (Å²) < 4.78 is 12.8. The van der Waals surface area contributed by atoms with Crippen LogP contribution in [0.3, 0.4) is 0 Å². The van der Waals surface area contributed by atoms with Crippen molar-refractivity contribution in [2.45, 2.75) is 57.6 Å². The summed E-state index contributed by atoms with van der Waals surface area (Å²) in [7, 11) is 0. The van der Waals surface area contributed by atoms with Crippen LogP contribution in [0.25, 0.3) is 0 Å². The number of ether oxygens (including phenoxy) is 2. The van der Waals surface area contributed by atoms with Crippen molar-refractivity contribution in [3.63, 3.8) is 0 Å². The molecule has 1 unspecified atom stereocenters. The van der Waals surface area contributed by atoms with E-state index < -0.39 is 5.60 Å². The molecule has 0 aromatic heterocycles. The molecule has 2 heterocycles. The van der Waals surface area contributed by atoms with Crippen LogP contribution in [-0.4, -0.2) is 12.0 Å². The molecule has 3 aromatic rings. The first-order valence-corrected chi connectivity index (χ1v) is 12.1. The Morgan fingerprint density at radius 2 is 1.58 bits per heavy atom. The average molecular weight is 460 g/mol. The number of carbonyl (C=O) groups is 1. The summed E-state index contributed by atoms with van der Waals surface area (Å²) in [5, 5.41) is 4.37. The van der Waals surface area contributed by atoms with Gasteiger partial charge in [-0.3, -0.25) is 0 Å². The van der Waals surface area contributed by atoms with Gasteiger partial charge in [0.1, 0.15) is 11.5 Å². The van der Waals surface area contributed by atoms with E-state index >= 15 is 0 Å². The molecule has 4 nitrogen and oxygen atoms in total. The highest BCUT2D eigenvalue weighted by molar-refractivity contribution is 6.31. The first-order valence-electron chi connectivity index (χ1n) is 11.7. The zero-order valence-corrected chi connectivity index (χ0v) is 19.6. The third-order valence-corrected chi connectivity index (χ3v) is 7.85. The fourth-order valence-electron chi connectivity index (χ4n) is 5.66. The van der Waals surface area contributed by atoms with E-state index in [9.17, 15) is 4.79 Å². The summed E-state index contributed by atoms with van der Waals surface area (Å²) in [6.07, 6.45) is 6.21. The van der Waals surface area contributed by atoms with Crippen LogP contribution in [-0.2, 0) is 10.3 Å². The number of hydrogen-bond acceptors (Lipinski definition) is 4. The maximum Gasteiger partial charge on any atom is 0.340 e. The Balaban J connectivity index is 1.58. The van der Waals surface area contributed by atoms with Crippen LogP contribution in [0.2, 0.25) is 5.02 Å². The van der Waals surface area contributed by atoms with Gasteiger partial charge in [-0.05, 0) is 57.0 Å². The number of carbonyl (C=O) groups excluding carboxylic acids is 1. The van der Waals surface area contributed by atoms with Gasteiger partial charge in [0.25, 0.3) is 0 Å². The van der Waals surface area contributed by atoms with E-state index in [1.807, 2.05) is 43.3 Å². The van der Waals surface area contributed by atoms with Crippen molar-refractivity contribution in [3.05, 3.63) is 86.9 Å². The van der Waals surface area contributed by atoms with Crippen LogP contribution >= 0.6 is 11.6 Å². The van der Waals surface area contributed by atoms with Gasteiger partial charge in [-0.25, -0.2) is 4.79 Å². The Morgan fingerprint density at radius 1 is 0.879 bits per heavy atom. The van der Waals surface area contributed by atoms with Gasteiger partial charge in [0.15, 0.2) is 5.60 Å². The van der Waals surface area contributed by atoms with E-state index in [1.54, 1.807) is 0 Å². The molecule has 1 saturated carbocycles. The van der Waals surface area contributed by atoms with Gasteiger partial charge in [-0.2, -0.15) is 0 Å². The van der Waals surface area contributed by atoms with E-state index in [1.165, 1.54) is 32.1 Å². The zero-order chi connectivity index (χ0) is 22.7. The van der Waals surface area contributed by atoms with Crippen molar-refractivity contribution >= 4 is 23.3 Å². The monoisotopic (exact) mass is 459 g/mol. The predicted molar refractivity (Wildman–Crippen MR) is 130 cm³/mol. The lowest BCUT2D eigenvalue weighted by Crippen LogP contribution is -2.34. The molecule has 0 radical (unpaired) electrons. The molecule has 0 amide bonds. The molecule has 1 aliphatic carbocycles. The molecular weight excluding hydrogens is 434 g/mol. The van der Waals surface area contributed by atoms with E-state index in [-0.39, 0.29) is 5.97 Å². The van der Waals surface area contributed by atoms with Crippen LogP contribution in [0.5, 0.6) is 11.5 Å². The summed E-state index contributed by atoms with van der Waals surface area (Å²) in [6.45, 7) is 4.02. The van der Waals surface area contributed by atoms with Crippen molar-refractivity contribution in [3.8, 4) is 11.5 Å². The van der Waals surface area contributed by atoms with Crippen molar-refractivity contribution in [1.82, 2.24) is 0 Å². The fourth-order valence-corrected chi connectivity index (χ4v) is 5.81. The van der Waals surface area contributed by atoms with E-state index in [4.69, 9.17) is 21.1 Å². The topological polar surface area (TPSA) is 47.6 Å². The van der Waals surface area contributed by atoms with Crippen LogP contribution in [0.15, 0.2) is 48.5 Å².